The van der Waals surface area contributed by atoms with Crippen LogP contribution >= 0.6 is 11.6 Å². The van der Waals surface area contributed by atoms with E-state index in [1.165, 1.54) is 13.2 Å². The third-order valence-corrected chi connectivity index (χ3v) is 5.93. The van der Waals surface area contributed by atoms with E-state index in [2.05, 4.69) is 15.3 Å². The molecule has 0 radical (unpaired) electrons. The van der Waals surface area contributed by atoms with Crippen LogP contribution in [0.15, 0.2) is 54.7 Å². The van der Waals surface area contributed by atoms with Crippen molar-refractivity contribution in [3.05, 3.63) is 76.6 Å². The van der Waals surface area contributed by atoms with Gasteiger partial charge in [-0.2, -0.15) is 0 Å². The summed E-state index contributed by atoms with van der Waals surface area (Å²) in [5.41, 5.74) is 1.88. The number of pyridine rings is 2. The number of carbonyl (C=O) groups excluding carboxylic acids is 2. The van der Waals surface area contributed by atoms with E-state index in [4.69, 9.17) is 21.1 Å². The minimum atomic E-state index is -0.207. The van der Waals surface area contributed by atoms with Crippen molar-refractivity contribution >= 4 is 29.2 Å². The lowest BCUT2D eigenvalue weighted by atomic mass is 10.1. The summed E-state index contributed by atoms with van der Waals surface area (Å²) in [6, 6.07) is 14.1. The van der Waals surface area contributed by atoms with Gasteiger partial charge in [0.05, 0.1) is 19.8 Å². The maximum atomic E-state index is 13.0. The largest absolute Gasteiger partial charge is 0.497 e. The highest BCUT2D eigenvalue weighted by atomic mass is 35.5. The summed E-state index contributed by atoms with van der Waals surface area (Å²) in [4.78, 5) is 38.2. The Balaban J connectivity index is 1.39. The maximum Gasteiger partial charge on any atom is 0.255 e. The molecule has 0 bridgehead atoms. The van der Waals surface area contributed by atoms with Crippen LogP contribution in [0, 0.1) is 0 Å². The van der Waals surface area contributed by atoms with E-state index in [-0.39, 0.29) is 17.0 Å². The van der Waals surface area contributed by atoms with Gasteiger partial charge in [0.15, 0.2) is 0 Å². The van der Waals surface area contributed by atoms with Crippen molar-refractivity contribution in [2.24, 2.45) is 0 Å². The van der Waals surface area contributed by atoms with Crippen LogP contribution < -0.4 is 19.7 Å². The third kappa shape index (κ3) is 5.81. The number of benzene rings is 1. The highest BCUT2D eigenvalue weighted by Gasteiger charge is 2.26. The average Bonchev–Trinajstić information content (AvgIpc) is 2.91. The molecule has 0 aliphatic carbocycles. The number of hydrogen-bond donors (Lipinski definition) is 1. The smallest absolute Gasteiger partial charge is 0.255 e. The number of amides is 2. The predicted octanol–water partition coefficient (Wildman–Crippen LogP) is 3.04. The zero-order valence-electron chi connectivity index (χ0n) is 19.5. The molecular weight excluding hydrogens is 470 g/mol. The summed E-state index contributed by atoms with van der Waals surface area (Å²) in [6.07, 6.45) is 1.67. The maximum absolute atomic E-state index is 13.0. The first-order valence-electron chi connectivity index (χ1n) is 11.1. The van der Waals surface area contributed by atoms with E-state index in [1.807, 2.05) is 29.2 Å². The van der Waals surface area contributed by atoms with Crippen molar-refractivity contribution in [3.63, 3.8) is 0 Å². The lowest BCUT2D eigenvalue weighted by Gasteiger charge is -2.36. The number of ether oxygens (including phenoxy) is 2. The summed E-state index contributed by atoms with van der Waals surface area (Å²) in [5, 5.41) is 3.15. The Morgan fingerprint density at radius 3 is 2.46 bits per heavy atom. The van der Waals surface area contributed by atoms with E-state index in [0.29, 0.717) is 55.5 Å². The van der Waals surface area contributed by atoms with Crippen molar-refractivity contribution in [2.75, 3.05) is 45.3 Å². The summed E-state index contributed by atoms with van der Waals surface area (Å²) >= 11 is 6.02. The van der Waals surface area contributed by atoms with Crippen molar-refractivity contribution < 1.29 is 19.1 Å². The molecule has 10 heteroatoms. The third-order valence-electron chi connectivity index (χ3n) is 5.74. The average molecular weight is 496 g/mol. The molecule has 4 rings (SSSR count). The first kappa shape index (κ1) is 24.3. The molecule has 182 valence electrons. The summed E-state index contributed by atoms with van der Waals surface area (Å²) < 4.78 is 10.3. The molecular formula is C25H26ClN5O4. The molecule has 0 saturated carbocycles. The van der Waals surface area contributed by atoms with Crippen LogP contribution in [0.3, 0.4) is 0 Å². The molecule has 3 aromatic rings. The molecule has 9 nitrogen and oxygen atoms in total. The minimum absolute atomic E-state index is 0.147. The Bertz CT molecular complexity index is 1200. The van der Waals surface area contributed by atoms with Gasteiger partial charge in [0.2, 0.25) is 5.88 Å². The van der Waals surface area contributed by atoms with Crippen molar-refractivity contribution in [1.29, 1.82) is 0 Å². The first-order chi connectivity index (χ1) is 17.0. The van der Waals surface area contributed by atoms with E-state index in [1.54, 1.807) is 36.4 Å². The quantitative estimate of drug-likeness (QED) is 0.503. The normalized spacial score (nSPS) is 13.3. The standard InChI is InChI=1S/C25H26ClN5O4/c1-34-19-7-5-17(6-8-19)16-28-24(32)20-4-3-9-27-23(20)30-10-12-31(13-11-30)25(33)18-14-21(26)29-22(15-18)35-2/h3-9,14-15H,10-13,16H2,1-2H3,(H,28,32). The Morgan fingerprint density at radius 2 is 1.77 bits per heavy atom. The lowest BCUT2D eigenvalue weighted by molar-refractivity contribution is 0.0745. The van der Waals surface area contributed by atoms with E-state index in [0.717, 1.165) is 11.3 Å². The van der Waals surface area contributed by atoms with Gasteiger partial charge < -0.3 is 24.6 Å². The van der Waals surface area contributed by atoms with Crippen LogP contribution in [0.4, 0.5) is 5.82 Å². The number of piperazine rings is 1. The van der Waals surface area contributed by atoms with E-state index >= 15 is 0 Å². The SMILES string of the molecule is COc1ccc(CNC(=O)c2cccnc2N2CCN(C(=O)c3cc(Cl)nc(OC)c3)CC2)cc1. The highest BCUT2D eigenvalue weighted by Crippen LogP contribution is 2.22. The van der Waals surface area contributed by atoms with Crippen molar-refractivity contribution in [3.8, 4) is 11.6 Å². The van der Waals surface area contributed by atoms with Crippen LogP contribution in [0.5, 0.6) is 11.6 Å². The number of hydrogen-bond acceptors (Lipinski definition) is 7. The van der Waals surface area contributed by atoms with Gasteiger partial charge in [-0.25, -0.2) is 9.97 Å². The van der Waals surface area contributed by atoms with E-state index < -0.39 is 0 Å². The number of halogens is 1. The van der Waals surface area contributed by atoms with Gasteiger partial charge in [-0.05, 0) is 35.9 Å². The molecule has 0 unspecified atom stereocenters. The fourth-order valence-electron chi connectivity index (χ4n) is 3.85. The molecule has 1 aromatic carbocycles. The zero-order valence-corrected chi connectivity index (χ0v) is 20.3. The predicted molar refractivity (Wildman–Crippen MR) is 132 cm³/mol. The van der Waals surface area contributed by atoms with Crippen molar-refractivity contribution in [2.45, 2.75) is 6.54 Å². The molecule has 3 heterocycles. The molecule has 35 heavy (non-hydrogen) atoms. The van der Waals surface area contributed by atoms with Crippen molar-refractivity contribution in [1.82, 2.24) is 20.2 Å². The second-order valence-corrected chi connectivity index (χ2v) is 8.29. The van der Waals surface area contributed by atoms with Gasteiger partial charge in [0.1, 0.15) is 16.7 Å². The fourth-order valence-corrected chi connectivity index (χ4v) is 4.05. The number of anilines is 1. The van der Waals surface area contributed by atoms with Gasteiger partial charge in [-0.15, -0.1) is 0 Å². The number of methoxy groups -OCH3 is 2. The molecule has 2 aromatic heterocycles. The second kappa shape index (κ2) is 11.1. The molecule has 1 fully saturated rings. The molecule has 1 aliphatic rings. The van der Waals surface area contributed by atoms with Gasteiger partial charge in [-0.3, -0.25) is 9.59 Å². The topological polar surface area (TPSA) is 96.9 Å². The summed E-state index contributed by atoms with van der Waals surface area (Å²) in [7, 11) is 3.09. The molecule has 1 N–H and O–H groups in total. The van der Waals surface area contributed by atoms with Gasteiger partial charge >= 0.3 is 0 Å². The number of carbonyl (C=O) groups is 2. The summed E-state index contributed by atoms with van der Waals surface area (Å²) in [5.74, 6) is 1.30. The molecule has 1 aliphatic heterocycles. The van der Waals surface area contributed by atoms with Gasteiger partial charge in [0, 0.05) is 50.6 Å². The molecule has 2 amide bonds. The number of nitrogens with zero attached hydrogens (tertiary/aromatic N) is 4. The van der Waals surface area contributed by atoms with E-state index in [9.17, 15) is 9.59 Å². The molecule has 0 spiro atoms. The Kier molecular flexibility index (Phi) is 7.67. The second-order valence-electron chi connectivity index (χ2n) is 7.91. The zero-order chi connectivity index (χ0) is 24.8. The first-order valence-corrected chi connectivity index (χ1v) is 11.5. The van der Waals surface area contributed by atoms with Crippen LogP contribution in [0.2, 0.25) is 5.15 Å². The summed E-state index contributed by atoms with van der Waals surface area (Å²) in [6.45, 7) is 2.42. The van der Waals surface area contributed by atoms with Crippen LogP contribution in [0.25, 0.3) is 0 Å². The monoisotopic (exact) mass is 495 g/mol. The minimum Gasteiger partial charge on any atom is -0.497 e. The number of aromatic nitrogens is 2. The Morgan fingerprint density at radius 1 is 1.03 bits per heavy atom. The van der Waals surface area contributed by atoms with Crippen LogP contribution in [-0.2, 0) is 6.54 Å². The molecule has 1 saturated heterocycles. The van der Waals surface area contributed by atoms with Crippen LogP contribution in [-0.4, -0.2) is 67.1 Å². The number of nitrogens with one attached hydrogen (secondary N) is 1. The van der Waals surface area contributed by atoms with Gasteiger partial charge in [0.25, 0.3) is 11.8 Å². The molecule has 0 atom stereocenters. The fraction of sp³-hybridized carbons (Fsp3) is 0.280. The highest BCUT2D eigenvalue weighted by molar-refractivity contribution is 6.29. The number of rotatable bonds is 7. The Hall–Kier alpha value is -3.85. The van der Waals surface area contributed by atoms with Crippen LogP contribution in [0.1, 0.15) is 26.3 Å². The Labute approximate surface area is 208 Å². The lowest BCUT2D eigenvalue weighted by Crippen LogP contribution is -2.49. The van der Waals surface area contributed by atoms with Gasteiger partial charge in [-0.1, -0.05) is 23.7 Å².